The zero-order chi connectivity index (χ0) is 14.7. The van der Waals surface area contributed by atoms with Crippen molar-refractivity contribution in [2.24, 2.45) is 5.92 Å². The van der Waals surface area contributed by atoms with E-state index < -0.39 is 0 Å². The summed E-state index contributed by atoms with van der Waals surface area (Å²) >= 11 is 5.45. The van der Waals surface area contributed by atoms with E-state index in [0.29, 0.717) is 19.3 Å². The first-order chi connectivity index (χ1) is 10.3. The Morgan fingerprint density at radius 1 is 1.38 bits per heavy atom. The SMILES string of the molecule is OC[C@H]1CCCN(C(=S)NCc2ccc3c(c2)OCO3)C1. The van der Waals surface area contributed by atoms with E-state index in [-0.39, 0.29) is 6.61 Å². The molecule has 0 unspecified atom stereocenters. The fraction of sp³-hybridized carbons (Fsp3) is 0.533. The number of benzene rings is 1. The average Bonchev–Trinajstić information content (AvgIpc) is 3.00. The summed E-state index contributed by atoms with van der Waals surface area (Å²) in [4.78, 5) is 2.15. The number of piperidine rings is 1. The number of hydrogen-bond donors (Lipinski definition) is 2. The second-order valence-corrected chi connectivity index (χ2v) is 5.87. The Bertz CT molecular complexity index is 524. The van der Waals surface area contributed by atoms with Crippen molar-refractivity contribution < 1.29 is 14.6 Å². The van der Waals surface area contributed by atoms with Crippen molar-refractivity contribution in [3.8, 4) is 11.5 Å². The first kappa shape index (κ1) is 14.4. The molecule has 2 N–H and O–H groups in total. The van der Waals surface area contributed by atoms with Crippen LogP contribution in [0.1, 0.15) is 18.4 Å². The summed E-state index contributed by atoms with van der Waals surface area (Å²) in [6.07, 6.45) is 2.16. The zero-order valence-electron chi connectivity index (χ0n) is 11.9. The quantitative estimate of drug-likeness (QED) is 0.825. The summed E-state index contributed by atoms with van der Waals surface area (Å²) in [5, 5.41) is 13.3. The van der Waals surface area contributed by atoms with E-state index in [1.807, 2.05) is 18.2 Å². The van der Waals surface area contributed by atoms with Gasteiger partial charge in [-0.1, -0.05) is 6.07 Å². The standard InChI is InChI=1S/C15H20N2O3S/c18-9-12-2-1-5-17(8-12)15(21)16-7-11-3-4-13-14(6-11)20-10-19-13/h3-4,6,12,18H,1-2,5,7-10H2,(H,16,21)/t12-/m0/s1. The van der Waals surface area contributed by atoms with Gasteiger partial charge in [-0.3, -0.25) is 0 Å². The molecule has 1 saturated heterocycles. The predicted molar refractivity (Wildman–Crippen MR) is 83.4 cm³/mol. The van der Waals surface area contributed by atoms with Gasteiger partial charge in [-0.05, 0) is 48.7 Å². The van der Waals surface area contributed by atoms with Gasteiger partial charge < -0.3 is 24.8 Å². The first-order valence-corrected chi connectivity index (χ1v) is 7.69. The van der Waals surface area contributed by atoms with E-state index in [2.05, 4.69) is 10.2 Å². The Morgan fingerprint density at radius 2 is 2.24 bits per heavy atom. The fourth-order valence-corrected chi connectivity index (χ4v) is 2.98. The number of hydrogen-bond acceptors (Lipinski definition) is 4. The minimum atomic E-state index is 0.237. The van der Waals surface area contributed by atoms with Crippen LogP contribution in [-0.4, -0.2) is 41.6 Å². The Morgan fingerprint density at radius 3 is 3.10 bits per heavy atom. The lowest BCUT2D eigenvalue weighted by Crippen LogP contribution is -2.45. The molecule has 0 aromatic heterocycles. The molecule has 0 saturated carbocycles. The molecule has 21 heavy (non-hydrogen) atoms. The summed E-state index contributed by atoms with van der Waals surface area (Å²) in [6.45, 7) is 2.99. The van der Waals surface area contributed by atoms with E-state index in [9.17, 15) is 5.11 Å². The summed E-state index contributed by atoms with van der Waals surface area (Å²) in [5.74, 6) is 1.92. The van der Waals surface area contributed by atoms with Crippen LogP contribution in [0, 0.1) is 5.92 Å². The molecular weight excluding hydrogens is 288 g/mol. The molecule has 3 rings (SSSR count). The molecule has 2 aliphatic heterocycles. The summed E-state index contributed by atoms with van der Waals surface area (Å²) in [6, 6.07) is 5.91. The number of aliphatic hydroxyl groups is 1. The van der Waals surface area contributed by atoms with Gasteiger partial charge in [-0.15, -0.1) is 0 Å². The highest BCUT2D eigenvalue weighted by molar-refractivity contribution is 7.80. The molecule has 0 aliphatic carbocycles. The lowest BCUT2D eigenvalue weighted by atomic mass is 9.99. The molecule has 0 radical (unpaired) electrons. The van der Waals surface area contributed by atoms with E-state index >= 15 is 0 Å². The van der Waals surface area contributed by atoms with Crippen molar-refractivity contribution in [2.75, 3.05) is 26.5 Å². The molecular formula is C15H20N2O3S. The Kier molecular flexibility index (Phi) is 4.45. The molecule has 1 fully saturated rings. The smallest absolute Gasteiger partial charge is 0.231 e. The van der Waals surface area contributed by atoms with Gasteiger partial charge in [0.2, 0.25) is 6.79 Å². The van der Waals surface area contributed by atoms with Crippen LogP contribution in [0.3, 0.4) is 0 Å². The number of thiocarbonyl (C=S) groups is 1. The van der Waals surface area contributed by atoms with E-state index in [4.69, 9.17) is 21.7 Å². The molecule has 0 amide bonds. The highest BCUT2D eigenvalue weighted by Gasteiger charge is 2.21. The van der Waals surface area contributed by atoms with Gasteiger partial charge in [-0.2, -0.15) is 0 Å². The maximum absolute atomic E-state index is 9.27. The largest absolute Gasteiger partial charge is 0.454 e. The van der Waals surface area contributed by atoms with Crippen LogP contribution in [0.5, 0.6) is 11.5 Å². The molecule has 1 atom stereocenters. The topological polar surface area (TPSA) is 54.0 Å². The van der Waals surface area contributed by atoms with Crippen LogP contribution >= 0.6 is 12.2 Å². The number of rotatable bonds is 3. The highest BCUT2D eigenvalue weighted by atomic mass is 32.1. The minimum Gasteiger partial charge on any atom is -0.454 e. The fourth-order valence-electron chi connectivity index (χ4n) is 2.74. The minimum absolute atomic E-state index is 0.237. The van der Waals surface area contributed by atoms with Crippen LogP contribution in [0.2, 0.25) is 0 Å². The number of ether oxygens (including phenoxy) is 2. The van der Waals surface area contributed by atoms with Gasteiger partial charge in [0.15, 0.2) is 16.6 Å². The molecule has 0 spiro atoms. The predicted octanol–water partition coefficient (Wildman–Crippen LogP) is 1.49. The van der Waals surface area contributed by atoms with Gasteiger partial charge in [0.05, 0.1) is 0 Å². The maximum atomic E-state index is 9.27. The van der Waals surface area contributed by atoms with Crippen molar-refractivity contribution in [3.63, 3.8) is 0 Å². The van der Waals surface area contributed by atoms with E-state index in [1.54, 1.807) is 0 Å². The number of nitrogens with zero attached hydrogens (tertiary/aromatic N) is 1. The number of fused-ring (bicyclic) bond motifs is 1. The molecule has 5 nitrogen and oxygen atoms in total. The average molecular weight is 308 g/mol. The van der Waals surface area contributed by atoms with Gasteiger partial charge >= 0.3 is 0 Å². The third-order valence-corrected chi connectivity index (χ3v) is 4.35. The van der Waals surface area contributed by atoms with Gasteiger partial charge in [0, 0.05) is 26.2 Å². The van der Waals surface area contributed by atoms with Crippen LogP contribution in [0.4, 0.5) is 0 Å². The Labute approximate surface area is 129 Å². The summed E-state index contributed by atoms with van der Waals surface area (Å²) in [5.41, 5.74) is 1.11. The van der Waals surface area contributed by atoms with Gasteiger partial charge in [-0.25, -0.2) is 0 Å². The van der Waals surface area contributed by atoms with Gasteiger partial charge in [0.25, 0.3) is 0 Å². The zero-order valence-corrected chi connectivity index (χ0v) is 12.7. The number of nitrogens with one attached hydrogen (secondary N) is 1. The number of likely N-dealkylation sites (tertiary alicyclic amines) is 1. The molecule has 1 aromatic carbocycles. The Balaban J connectivity index is 1.53. The van der Waals surface area contributed by atoms with Crippen molar-refractivity contribution in [1.82, 2.24) is 10.2 Å². The van der Waals surface area contributed by atoms with Crippen LogP contribution in [0.25, 0.3) is 0 Å². The molecule has 2 aliphatic rings. The number of aliphatic hydroxyl groups excluding tert-OH is 1. The lowest BCUT2D eigenvalue weighted by Gasteiger charge is -2.33. The lowest BCUT2D eigenvalue weighted by molar-refractivity contribution is 0.160. The van der Waals surface area contributed by atoms with E-state index in [1.165, 1.54) is 0 Å². The molecule has 0 bridgehead atoms. The third kappa shape index (κ3) is 3.39. The van der Waals surface area contributed by atoms with E-state index in [0.717, 1.165) is 48.1 Å². The Hall–Kier alpha value is -1.53. The summed E-state index contributed by atoms with van der Waals surface area (Å²) in [7, 11) is 0. The normalized spacial score (nSPS) is 20.4. The van der Waals surface area contributed by atoms with Crippen LogP contribution < -0.4 is 14.8 Å². The molecule has 114 valence electrons. The summed E-state index contributed by atoms with van der Waals surface area (Å²) < 4.78 is 10.7. The molecule has 1 aromatic rings. The van der Waals surface area contributed by atoms with Crippen molar-refractivity contribution in [2.45, 2.75) is 19.4 Å². The first-order valence-electron chi connectivity index (χ1n) is 7.28. The van der Waals surface area contributed by atoms with Crippen LogP contribution in [-0.2, 0) is 6.54 Å². The second kappa shape index (κ2) is 6.49. The second-order valence-electron chi connectivity index (χ2n) is 5.48. The van der Waals surface area contributed by atoms with Crippen molar-refractivity contribution >= 4 is 17.3 Å². The highest BCUT2D eigenvalue weighted by Crippen LogP contribution is 2.32. The maximum Gasteiger partial charge on any atom is 0.231 e. The molecule has 6 heteroatoms. The monoisotopic (exact) mass is 308 g/mol. The molecule has 2 heterocycles. The van der Waals surface area contributed by atoms with Gasteiger partial charge in [0.1, 0.15) is 0 Å². The van der Waals surface area contributed by atoms with Crippen LogP contribution in [0.15, 0.2) is 18.2 Å². The van der Waals surface area contributed by atoms with Crippen molar-refractivity contribution in [3.05, 3.63) is 23.8 Å². The van der Waals surface area contributed by atoms with Crippen molar-refractivity contribution in [1.29, 1.82) is 0 Å². The third-order valence-electron chi connectivity index (χ3n) is 3.95.